The van der Waals surface area contributed by atoms with E-state index in [1.807, 2.05) is 6.20 Å². The van der Waals surface area contributed by atoms with Crippen LogP contribution >= 0.6 is 0 Å². The van der Waals surface area contributed by atoms with E-state index in [4.69, 9.17) is 0 Å². The van der Waals surface area contributed by atoms with Crippen molar-refractivity contribution in [2.45, 2.75) is 39.5 Å². The third kappa shape index (κ3) is 3.62. The van der Waals surface area contributed by atoms with E-state index in [0.717, 1.165) is 31.1 Å². The second-order valence-electron chi connectivity index (χ2n) is 5.35. The third-order valence-corrected chi connectivity index (χ3v) is 3.78. The standard InChI is InChI=1S/C15H25N3/c1-3-13(2)11-16-14-7-8-15(17-12-14)18-9-5-4-6-10-18/h7-8,12-13,16H,3-6,9-11H2,1-2H3. The van der Waals surface area contributed by atoms with Crippen LogP contribution in [0.3, 0.4) is 0 Å². The van der Waals surface area contributed by atoms with Gasteiger partial charge in [0.25, 0.3) is 0 Å². The summed E-state index contributed by atoms with van der Waals surface area (Å²) in [5.74, 6) is 1.84. The maximum Gasteiger partial charge on any atom is 0.128 e. The van der Waals surface area contributed by atoms with Gasteiger partial charge in [-0.05, 0) is 37.3 Å². The first kappa shape index (κ1) is 13.2. The molecule has 0 aromatic carbocycles. The van der Waals surface area contributed by atoms with Crippen LogP contribution < -0.4 is 10.2 Å². The number of aromatic nitrogens is 1. The van der Waals surface area contributed by atoms with Gasteiger partial charge in [0.2, 0.25) is 0 Å². The summed E-state index contributed by atoms with van der Waals surface area (Å²) in [7, 11) is 0. The average Bonchev–Trinajstić information content (AvgIpc) is 2.46. The molecule has 1 aromatic heterocycles. The van der Waals surface area contributed by atoms with Gasteiger partial charge >= 0.3 is 0 Å². The van der Waals surface area contributed by atoms with Crippen molar-refractivity contribution in [1.29, 1.82) is 0 Å². The van der Waals surface area contributed by atoms with Gasteiger partial charge in [-0.25, -0.2) is 4.98 Å². The normalized spacial score (nSPS) is 17.6. The van der Waals surface area contributed by atoms with Crippen molar-refractivity contribution < 1.29 is 0 Å². The Morgan fingerprint density at radius 1 is 1.28 bits per heavy atom. The molecule has 3 nitrogen and oxygen atoms in total. The average molecular weight is 247 g/mol. The maximum atomic E-state index is 4.57. The molecule has 1 N–H and O–H groups in total. The highest BCUT2D eigenvalue weighted by Crippen LogP contribution is 2.19. The fourth-order valence-corrected chi connectivity index (χ4v) is 2.24. The molecule has 3 heteroatoms. The summed E-state index contributed by atoms with van der Waals surface area (Å²) >= 11 is 0. The number of nitrogens with one attached hydrogen (secondary N) is 1. The molecule has 1 fully saturated rings. The molecule has 1 saturated heterocycles. The van der Waals surface area contributed by atoms with E-state index in [1.54, 1.807) is 0 Å². The maximum absolute atomic E-state index is 4.57. The van der Waals surface area contributed by atoms with Crippen LogP contribution in [0, 0.1) is 5.92 Å². The molecule has 0 saturated carbocycles. The highest BCUT2D eigenvalue weighted by Gasteiger charge is 2.11. The molecule has 100 valence electrons. The zero-order chi connectivity index (χ0) is 12.8. The lowest BCUT2D eigenvalue weighted by Crippen LogP contribution is -2.30. The summed E-state index contributed by atoms with van der Waals surface area (Å²) in [5.41, 5.74) is 1.14. The lowest BCUT2D eigenvalue weighted by Gasteiger charge is -2.27. The second kappa shape index (κ2) is 6.62. The molecule has 0 bridgehead atoms. The Morgan fingerprint density at radius 2 is 2.06 bits per heavy atom. The van der Waals surface area contributed by atoms with E-state index >= 15 is 0 Å². The van der Waals surface area contributed by atoms with Gasteiger partial charge in [0.05, 0.1) is 11.9 Å². The first-order chi connectivity index (χ1) is 8.79. The molecule has 0 spiro atoms. The van der Waals surface area contributed by atoms with E-state index in [-0.39, 0.29) is 0 Å². The second-order valence-corrected chi connectivity index (χ2v) is 5.35. The summed E-state index contributed by atoms with van der Waals surface area (Å²) in [6.07, 6.45) is 7.15. The van der Waals surface area contributed by atoms with Gasteiger partial charge in [-0.3, -0.25) is 0 Å². The van der Waals surface area contributed by atoms with Crippen LogP contribution in [0.1, 0.15) is 39.5 Å². The summed E-state index contributed by atoms with van der Waals surface area (Å²) in [6.45, 7) is 7.84. The Balaban J connectivity index is 1.88. The van der Waals surface area contributed by atoms with Crippen LogP contribution in [0.15, 0.2) is 18.3 Å². The Bertz CT molecular complexity index is 341. The van der Waals surface area contributed by atoms with Gasteiger partial charge in [-0.15, -0.1) is 0 Å². The number of piperidine rings is 1. The van der Waals surface area contributed by atoms with Gasteiger partial charge < -0.3 is 10.2 Å². The van der Waals surface area contributed by atoms with E-state index in [2.05, 4.69) is 41.2 Å². The SMILES string of the molecule is CCC(C)CNc1ccc(N2CCCCC2)nc1. The third-order valence-electron chi connectivity index (χ3n) is 3.78. The van der Waals surface area contributed by atoms with Gasteiger partial charge in [0.1, 0.15) is 5.82 Å². The summed E-state index contributed by atoms with van der Waals surface area (Å²) in [6, 6.07) is 4.30. The molecule has 2 rings (SSSR count). The monoisotopic (exact) mass is 247 g/mol. The molecular weight excluding hydrogens is 222 g/mol. The minimum atomic E-state index is 0.715. The summed E-state index contributed by atoms with van der Waals surface area (Å²) < 4.78 is 0. The molecule has 1 atom stereocenters. The molecule has 18 heavy (non-hydrogen) atoms. The van der Waals surface area contributed by atoms with Crippen LogP contribution in [-0.2, 0) is 0 Å². The fraction of sp³-hybridized carbons (Fsp3) is 0.667. The zero-order valence-corrected chi connectivity index (χ0v) is 11.7. The van der Waals surface area contributed by atoms with Gasteiger partial charge in [0, 0.05) is 19.6 Å². The highest BCUT2D eigenvalue weighted by molar-refractivity contribution is 5.48. The van der Waals surface area contributed by atoms with Gasteiger partial charge in [0.15, 0.2) is 0 Å². The number of rotatable bonds is 5. The van der Waals surface area contributed by atoms with Crippen LogP contribution in [0.25, 0.3) is 0 Å². The Kier molecular flexibility index (Phi) is 4.85. The quantitative estimate of drug-likeness (QED) is 0.862. The number of hydrogen-bond donors (Lipinski definition) is 1. The van der Waals surface area contributed by atoms with E-state index < -0.39 is 0 Å². The first-order valence-corrected chi connectivity index (χ1v) is 7.24. The number of hydrogen-bond acceptors (Lipinski definition) is 3. The summed E-state index contributed by atoms with van der Waals surface area (Å²) in [5, 5.41) is 3.44. The molecule has 2 heterocycles. The molecule has 0 radical (unpaired) electrons. The fourth-order valence-electron chi connectivity index (χ4n) is 2.24. The number of anilines is 2. The van der Waals surface area contributed by atoms with E-state index in [9.17, 15) is 0 Å². The van der Waals surface area contributed by atoms with Crippen molar-refractivity contribution in [3.63, 3.8) is 0 Å². The van der Waals surface area contributed by atoms with Crippen LogP contribution in [0.2, 0.25) is 0 Å². The predicted octanol–water partition coefficient (Wildman–Crippen LogP) is 3.53. The largest absolute Gasteiger partial charge is 0.384 e. The van der Waals surface area contributed by atoms with Crippen molar-refractivity contribution in [3.05, 3.63) is 18.3 Å². The Hall–Kier alpha value is -1.25. The molecular formula is C15H25N3. The van der Waals surface area contributed by atoms with Crippen molar-refractivity contribution >= 4 is 11.5 Å². The first-order valence-electron chi connectivity index (χ1n) is 7.24. The van der Waals surface area contributed by atoms with Crippen molar-refractivity contribution in [2.24, 2.45) is 5.92 Å². The molecule has 1 aliphatic rings. The molecule has 1 unspecified atom stereocenters. The Morgan fingerprint density at radius 3 is 2.67 bits per heavy atom. The number of nitrogens with zero attached hydrogens (tertiary/aromatic N) is 2. The minimum Gasteiger partial charge on any atom is -0.384 e. The van der Waals surface area contributed by atoms with Crippen LogP contribution in [-0.4, -0.2) is 24.6 Å². The van der Waals surface area contributed by atoms with Crippen molar-refractivity contribution in [3.8, 4) is 0 Å². The Labute approximate surface area is 111 Å². The van der Waals surface area contributed by atoms with Crippen LogP contribution in [0.4, 0.5) is 11.5 Å². The highest BCUT2D eigenvalue weighted by atomic mass is 15.2. The van der Waals surface area contributed by atoms with E-state index in [0.29, 0.717) is 5.92 Å². The number of pyridine rings is 1. The van der Waals surface area contributed by atoms with Crippen molar-refractivity contribution in [2.75, 3.05) is 29.9 Å². The minimum absolute atomic E-state index is 0.715. The summed E-state index contributed by atoms with van der Waals surface area (Å²) in [4.78, 5) is 6.96. The van der Waals surface area contributed by atoms with Gasteiger partial charge in [-0.1, -0.05) is 20.3 Å². The smallest absolute Gasteiger partial charge is 0.128 e. The zero-order valence-electron chi connectivity index (χ0n) is 11.7. The lowest BCUT2D eigenvalue weighted by molar-refractivity contribution is 0.573. The topological polar surface area (TPSA) is 28.2 Å². The van der Waals surface area contributed by atoms with Crippen LogP contribution in [0.5, 0.6) is 0 Å². The molecule has 1 aliphatic heterocycles. The molecule has 0 aliphatic carbocycles. The molecule has 1 aromatic rings. The van der Waals surface area contributed by atoms with Gasteiger partial charge in [-0.2, -0.15) is 0 Å². The van der Waals surface area contributed by atoms with E-state index in [1.165, 1.54) is 25.7 Å². The van der Waals surface area contributed by atoms with Crippen molar-refractivity contribution in [1.82, 2.24) is 4.98 Å². The molecule has 0 amide bonds. The lowest BCUT2D eigenvalue weighted by atomic mass is 10.1. The predicted molar refractivity (Wildman–Crippen MR) is 78.2 cm³/mol.